The summed E-state index contributed by atoms with van der Waals surface area (Å²) in [6, 6.07) is 1.34. The normalized spacial score (nSPS) is 9.76. The van der Waals surface area contributed by atoms with Crippen molar-refractivity contribution in [1.29, 1.82) is 0 Å². The summed E-state index contributed by atoms with van der Waals surface area (Å²) >= 11 is 0. The number of rotatable bonds is 5. The quantitative estimate of drug-likeness (QED) is 0.472. The fourth-order valence-electron chi connectivity index (χ4n) is 1.20. The summed E-state index contributed by atoms with van der Waals surface area (Å²) in [5, 5.41) is 13.5. The minimum Gasteiger partial charge on any atom is -0.469 e. The number of ether oxygens (including phenoxy) is 1. The highest BCUT2D eigenvalue weighted by atomic mass is 16.6. The van der Waals surface area contributed by atoms with Crippen LogP contribution in [0.15, 0.2) is 12.3 Å². The van der Waals surface area contributed by atoms with E-state index in [-0.39, 0.29) is 18.1 Å². The van der Waals surface area contributed by atoms with Crippen molar-refractivity contribution < 1.29 is 14.5 Å². The molecule has 1 heterocycles. The van der Waals surface area contributed by atoms with Crippen LogP contribution in [0.5, 0.6) is 0 Å². The second-order valence-corrected chi connectivity index (χ2v) is 3.37. The lowest BCUT2D eigenvalue weighted by molar-refractivity contribution is -0.385. The summed E-state index contributed by atoms with van der Waals surface area (Å²) in [5.41, 5.74) is 0.495. The molecule has 7 heteroatoms. The van der Waals surface area contributed by atoms with Gasteiger partial charge in [0.1, 0.15) is 5.82 Å². The van der Waals surface area contributed by atoms with Crippen LogP contribution in [0.2, 0.25) is 0 Å². The van der Waals surface area contributed by atoms with Crippen molar-refractivity contribution in [2.75, 3.05) is 19.0 Å². The van der Waals surface area contributed by atoms with E-state index < -0.39 is 4.92 Å². The molecule has 0 bridgehead atoms. The van der Waals surface area contributed by atoms with Crippen LogP contribution in [0.25, 0.3) is 0 Å². The number of aromatic nitrogens is 1. The Balaban J connectivity index is 2.63. The Bertz CT molecular complexity index is 434. The predicted molar refractivity (Wildman–Crippen MR) is 60.8 cm³/mol. The average Bonchev–Trinajstić information content (AvgIpc) is 2.30. The molecule has 1 N–H and O–H groups in total. The van der Waals surface area contributed by atoms with Gasteiger partial charge in [-0.1, -0.05) is 0 Å². The molecule has 0 saturated carbocycles. The zero-order valence-electron chi connectivity index (χ0n) is 9.60. The highest BCUT2D eigenvalue weighted by Crippen LogP contribution is 2.19. The van der Waals surface area contributed by atoms with Crippen LogP contribution >= 0.6 is 0 Å². The first-order valence-electron chi connectivity index (χ1n) is 4.96. The smallest absolute Gasteiger partial charge is 0.307 e. The standard InChI is InChI=1S/C10H13N3O4/c1-7-6-12-9(5-8(7)13(15)16)11-4-3-10(14)17-2/h5-6H,3-4H2,1-2H3,(H,11,12). The summed E-state index contributed by atoms with van der Waals surface area (Å²) in [5.74, 6) is 0.0188. The van der Waals surface area contributed by atoms with Crippen LogP contribution in [-0.2, 0) is 9.53 Å². The Hall–Kier alpha value is -2.18. The molecule has 0 aliphatic heterocycles. The molecule has 1 rings (SSSR count). The summed E-state index contributed by atoms with van der Waals surface area (Å²) < 4.78 is 4.46. The van der Waals surface area contributed by atoms with Crippen molar-refractivity contribution in [1.82, 2.24) is 4.98 Å². The van der Waals surface area contributed by atoms with Gasteiger partial charge in [-0.3, -0.25) is 14.9 Å². The van der Waals surface area contributed by atoms with Gasteiger partial charge >= 0.3 is 5.97 Å². The minimum atomic E-state index is -0.470. The minimum absolute atomic E-state index is 0.000526. The second kappa shape index (κ2) is 5.78. The van der Waals surface area contributed by atoms with Crippen molar-refractivity contribution in [3.8, 4) is 0 Å². The number of hydrogen-bond acceptors (Lipinski definition) is 6. The van der Waals surface area contributed by atoms with Crippen molar-refractivity contribution in [2.24, 2.45) is 0 Å². The van der Waals surface area contributed by atoms with Gasteiger partial charge in [0.15, 0.2) is 0 Å². The van der Waals surface area contributed by atoms with Crippen LogP contribution in [0.3, 0.4) is 0 Å². The first kappa shape index (κ1) is 12.9. The topological polar surface area (TPSA) is 94.4 Å². The molecule has 0 unspecified atom stereocenters. The molecular weight excluding hydrogens is 226 g/mol. The molecule has 92 valence electrons. The number of hydrogen-bond donors (Lipinski definition) is 1. The van der Waals surface area contributed by atoms with Gasteiger partial charge in [-0.25, -0.2) is 4.98 Å². The zero-order chi connectivity index (χ0) is 12.8. The predicted octanol–water partition coefficient (Wildman–Crippen LogP) is 1.27. The number of carbonyl (C=O) groups is 1. The Morgan fingerprint density at radius 2 is 2.35 bits per heavy atom. The molecule has 0 saturated heterocycles. The highest BCUT2D eigenvalue weighted by molar-refractivity contribution is 5.69. The maximum absolute atomic E-state index is 10.8. The monoisotopic (exact) mass is 239 g/mol. The molecule has 0 amide bonds. The zero-order valence-corrected chi connectivity index (χ0v) is 9.60. The molecule has 0 aliphatic rings. The Morgan fingerprint density at radius 3 is 2.94 bits per heavy atom. The SMILES string of the molecule is COC(=O)CCNc1cc([N+](=O)[O-])c(C)cn1. The van der Waals surface area contributed by atoms with Crippen LogP contribution in [0, 0.1) is 17.0 Å². The average molecular weight is 239 g/mol. The van der Waals surface area contributed by atoms with Gasteiger partial charge in [0.2, 0.25) is 0 Å². The summed E-state index contributed by atoms with van der Waals surface area (Å²) in [6.45, 7) is 1.93. The number of methoxy groups -OCH3 is 1. The molecular formula is C10H13N3O4. The third-order valence-electron chi connectivity index (χ3n) is 2.13. The Morgan fingerprint density at radius 1 is 1.65 bits per heavy atom. The third kappa shape index (κ3) is 3.71. The third-order valence-corrected chi connectivity index (χ3v) is 2.13. The molecule has 7 nitrogen and oxygen atoms in total. The van der Waals surface area contributed by atoms with Crippen LogP contribution in [-0.4, -0.2) is 29.5 Å². The van der Waals surface area contributed by atoms with E-state index >= 15 is 0 Å². The first-order valence-corrected chi connectivity index (χ1v) is 4.96. The molecule has 0 fully saturated rings. The van der Waals surface area contributed by atoms with Gasteiger partial charge in [0.25, 0.3) is 5.69 Å². The van der Waals surface area contributed by atoms with Gasteiger partial charge in [-0.2, -0.15) is 0 Å². The number of anilines is 1. The van der Waals surface area contributed by atoms with Crippen molar-refractivity contribution in [2.45, 2.75) is 13.3 Å². The Labute approximate surface area is 98.0 Å². The van der Waals surface area contributed by atoms with Crippen LogP contribution < -0.4 is 5.32 Å². The molecule has 1 aromatic rings. The lowest BCUT2D eigenvalue weighted by Gasteiger charge is -2.05. The van der Waals surface area contributed by atoms with Crippen molar-refractivity contribution in [3.05, 3.63) is 27.9 Å². The van der Waals surface area contributed by atoms with E-state index in [0.29, 0.717) is 17.9 Å². The number of nitrogens with one attached hydrogen (secondary N) is 1. The number of carbonyl (C=O) groups excluding carboxylic acids is 1. The Kier molecular flexibility index (Phi) is 4.38. The fraction of sp³-hybridized carbons (Fsp3) is 0.400. The van der Waals surface area contributed by atoms with Gasteiger partial charge in [0, 0.05) is 18.3 Å². The van der Waals surface area contributed by atoms with E-state index in [1.807, 2.05) is 0 Å². The van der Waals surface area contributed by atoms with E-state index in [0.717, 1.165) is 0 Å². The van der Waals surface area contributed by atoms with E-state index in [4.69, 9.17) is 0 Å². The van der Waals surface area contributed by atoms with E-state index in [1.54, 1.807) is 6.92 Å². The summed E-state index contributed by atoms with van der Waals surface area (Å²) in [4.78, 5) is 25.0. The van der Waals surface area contributed by atoms with Gasteiger partial charge < -0.3 is 10.1 Å². The summed E-state index contributed by atoms with van der Waals surface area (Å²) in [6.07, 6.45) is 1.60. The van der Waals surface area contributed by atoms with Gasteiger partial charge in [-0.15, -0.1) is 0 Å². The molecule has 1 aromatic heterocycles. The van der Waals surface area contributed by atoms with Gasteiger partial charge in [0.05, 0.1) is 24.5 Å². The largest absolute Gasteiger partial charge is 0.469 e. The van der Waals surface area contributed by atoms with Crippen LogP contribution in [0.4, 0.5) is 11.5 Å². The number of aryl methyl sites for hydroxylation is 1. The number of nitro groups is 1. The molecule has 0 atom stereocenters. The molecule has 0 spiro atoms. The lowest BCUT2D eigenvalue weighted by Crippen LogP contribution is -2.10. The van der Waals surface area contributed by atoms with E-state index in [9.17, 15) is 14.9 Å². The second-order valence-electron chi connectivity index (χ2n) is 3.37. The van der Waals surface area contributed by atoms with Gasteiger partial charge in [-0.05, 0) is 6.92 Å². The fourth-order valence-corrected chi connectivity index (χ4v) is 1.20. The van der Waals surface area contributed by atoms with Crippen LogP contribution in [0.1, 0.15) is 12.0 Å². The van der Waals surface area contributed by atoms with E-state index in [2.05, 4.69) is 15.0 Å². The van der Waals surface area contributed by atoms with Crippen molar-refractivity contribution >= 4 is 17.5 Å². The maximum Gasteiger partial charge on any atom is 0.307 e. The molecule has 17 heavy (non-hydrogen) atoms. The number of nitrogens with zero attached hydrogens (tertiary/aromatic N) is 2. The summed E-state index contributed by atoms with van der Waals surface area (Å²) in [7, 11) is 1.30. The molecule has 0 radical (unpaired) electrons. The molecule has 0 aromatic carbocycles. The maximum atomic E-state index is 10.8. The molecule has 0 aliphatic carbocycles. The number of pyridine rings is 1. The lowest BCUT2D eigenvalue weighted by atomic mass is 10.2. The van der Waals surface area contributed by atoms with Crippen molar-refractivity contribution in [3.63, 3.8) is 0 Å². The highest BCUT2D eigenvalue weighted by Gasteiger charge is 2.11. The number of esters is 1. The van der Waals surface area contributed by atoms with E-state index in [1.165, 1.54) is 19.4 Å². The first-order chi connectivity index (χ1) is 8.04.